The van der Waals surface area contributed by atoms with Gasteiger partial charge >= 0.3 is 0 Å². The minimum absolute atomic E-state index is 0.210. The third-order valence-electron chi connectivity index (χ3n) is 4.72. The number of carbonyl (C=O) groups excluding carboxylic acids is 1. The summed E-state index contributed by atoms with van der Waals surface area (Å²) in [5.74, 6) is 1.16. The number of methoxy groups -OCH3 is 2. The topological polar surface area (TPSA) is 102 Å². The highest BCUT2D eigenvalue weighted by atomic mass is 16.5. The van der Waals surface area contributed by atoms with Crippen molar-refractivity contribution in [1.29, 1.82) is 0 Å². The average Bonchev–Trinajstić information content (AvgIpc) is 3.26. The molecule has 2 aromatic carbocycles. The molecule has 0 spiro atoms. The minimum Gasteiger partial charge on any atom is -0.493 e. The van der Waals surface area contributed by atoms with E-state index in [-0.39, 0.29) is 5.91 Å². The Balaban J connectivity index is 1.81. The molecule has 152 valence electrons. The number of H-pyrrole nitrogens is 1. The number of benzene rings is 2. The lowest BCUT2D eigenvalue weighted by Gasteiger charge is -2.16. The third kappa shape index (κ3) is 4.90. The first-order chi connectivity index (χ1) is 14.0. The van der Waals surface area contributed by atoms with E-state index in [4.69, 9.17) is 9.47 Å². The van der Waals surface area contributed by atoms with Gasteiger partial charge in [-0.25, -0.2) is 0 Å². The summed E-state index contributed by atoms with van der Waals surface area (Å²) < 4.78 is 10.6. The molecule has 1 amide bonds. The molecule has 0 fully saturated rings. The maximum Gasteiger partial charge on any atom is 0.235 e. The normalized spacial score (nSPS) is 11.9. The molecule has 0 aliphatic heterocycles. The zero-order chi connectivity index (χ0) is 20.8. The fourth-order valence-corrected chi connectivity index (χ4v) is 3.04. The molecule has 1 unspecified atom stereocenters. The first kappa shape index (κ1) is 20.3. The fourth-order valence-electron chi connectivity index (χ4n) is 3.04. The number of anilines is 1. The smallest absolute Gasteiger partial charge is 0.235 e. The van der Waals surface area contributed by atoms with Gasteiger partial charge in [0.15, 0.2) is 17.3 Å². The Hall–Kier alpha value is -3.42. The number of aromatic nitrogens is 4. The van der Waals surface area contributed by atoms with Crippen LogP contribution in [-0.2, 0) is 11.2 Å². The quantitative estimate of drug-likeness (QED) is 0.607. The van der Waals surface area contributed by atoms with Crippen molar-refractivity contribution in [3.63, 3.8) is 0 Å². The van der Waals surface area contributed by atoms with Gasteiger partial charge in [0.05, 0.1) is 14.2 Å². The van der Waals surface area contributed by atoms with E-state index in [0.29, 0.717) is 29.7 Å². The number of hydrogen-bond acceptors (Lipinski definition) is 6. The fraction of sp³-hybridized carbons (Fsp3) is 0.333. The molecule has 1 heterocycles. The molecular weight excluding hydrogens is 370 g/mol. The molecule has 0 saturated heterocycles. The van der Waals surface area contributed by atoms with Crippen molar-refractivity contribution in [3.8, 4) is 11.5 Å². The predicted octanol–water partition coefficient (Wildman–Crippen LogP) is 3.31. The second-order valence-electron chi connectivity index (χ2n) is 6.98. The maximum atomic E-state index is 13.0. The van der Waals surface area contributed by atoms with Crippen LogP contribution in [0, 0.1) is 0 Å². The Morgan fingerprint density at radius 1 is 1.07 bits per heavy atom. The van der Waals surface area contributed by atoms with Crippen LogP contribution in [0.1, 0.15) is 42.6 Å². The third-order valence-corrected chi connectivity index (χ3v) is 4.72. The Morgan fingerprint density at radius 3 is 2.38 bits per heavy atom. The molecule has 0 radical (unpaired) electrons. The van der Waals surface area contributed by atoms with Crippen molar-refractivity contribution in [2.24, 2.45) is 0 Å². The van der Waals surface area contributed by atoms with Gasteiger partial charge in [-0.05, 0) is 47.7 Å². The van der Waals surface area contributed by atoms with Gasteiger partial charge in [-0.15, -0.1) is 10.2 Å². The van der Waals surface area contributed by atoms with Crippen LogP contribution in [0.5, 0.6) is 11.5 Å². The molecule has 8 nitrogen and oxygen atoms in total. The molecule has 0 aliphatic carbocycles. The highest BCUT2D eigenvalue weighted by Gasteiger charge is 2.26. The van der Waals surface area contributed by atoms with E-state index in [1.807, 2.05) is 42.5 Å². The van der Waals surface area contributed by atoms with E-state index < -0.39 is 5.92 Å². The zero-order valence-electron chi connectivity index (χ0n) is 17.0. The standard InChI is InChI=1S/C21H25N5O3/c1-13(2)15-6-8-16(9-7-15)22-21(27)17(20-23-25-26-24-20)11-14-5-10-18(28-3)19(12-14)29-4/h5-10,12-13,17H,11H2,1-4H3,(H,22,27)(H,23,24,25,26). The van der Waals surface area contributed by atoms with Gasteiger partial charge in [0, 0.05) is 5.69 Å². The summed E-state index contributed by atoms with van der Waals surface area (Å²) in [5, 5.41) is 17.0. The number of nitrogens with one attached hydrogen (secondary N) is 2. The second-order valence-corrected chi connectivity index (χ2v) is 6.98. The van der Waals surface area contributed by atoms with E-state index >= 15 is 0 Å². The molecule has 1 atom stereocenters. The van der Waals surface area contributed by atoms with Crippen LogP contribution in [0.2, 0.25) is 0 Å². The Morgan fingerprint density at radius 2 is 1.79 bits per heavy atom. The molecule has 3 rings (SSSR count). The summed E-state index contributed by atoms with van der Waals surface area (Å²) in [6.07, 6.45) is 0.385. The van der Waals surface area contributed by atoms with E-state index in [9.17, 15) is 4.79 Å². The van der Waals surface area contributed by atoms with Crippen LogP contribution in [0.4, 0.5) is 5.69 Å². The summed E-state index contributed by atoms with van der Waals surface area (Å²) in [4.78, 5) is 13.0. The number of ether oxygens (including phenoxy) is 2. The summed E-state index contributed by atoms with van der Waals surface area (Å²) >= 11 is 0. The summed E-state index contributed by atoms with van der Waals surface area (Å²) in [6.45, 7) is 4.26. The lowest BCUT2D eigenvalue weighted by atomic mass is 9.97. The lowest BCUT2D eigenvalue weighted by molar-refractivity contribution is -0.117. The number of carbonyl (C=O) groups is 1. The number of amides is 1. The van der Waals surface area contributed by atoms with E-state index in [0.717, 1.165) is 11.3 Å². The van der Waals surface area contributed by atoms with Gasteiger partial charge in [0.1, 0.15) is 5.92 Å². The van der Waals surface area contributed by atoms with Gasteiger partial charge in [-0.1, -0.05) is 37.3 Å². The molecule has 0 saturated carbocycles. The van der Waals surface area contributed by atoms with Crippen molar-refractivity contribution in [2.45, 2.75) is 32.1 Å². The van der Waals surface area contributed by atoms with Gasteiger partial charge in [-0.2, -0.15) is 5.21 Å². The Bertz CT molecular complexity index is 939. The lowest BCUT2D eigenvalue weighted by Crippen LogP contribution is -2.24. The molecule has 1 aromatic heterocycles. The van der Waals surface area contributed by atoms with Gasteiger partial charge < -0.3 is 14.8 Å². The Labute approximate surface area is 169 Å². The Kier molecular flexibility index (Phi) is 6.43. The first-order valence-electron chi connectivity index (χ1n) is 9.37. The number of nitrogens with zero attached hydrogens (tertiary/aromatic N) is 3. The number of tetrazole rings is 1. The van der Waals surface area contributed by atoms with Gasteiger partial charge in [-0.3, -0.25) is 4.79 Å². The van der Waals surface area contributed by atoms with Crippen molar-refractivity contribution in [3.05, 3.63) is 59.4 Å². The van der Waals surface area contributed by atoms with Gasteiger partial charge in [0.25, 0.3) is 0 Å². The van der Waals surface area contributed by atoms with Gasteiger partial charge in [0.2, 0.25) is 5.91 Å². The molecule has 2 N–H and O–H groups in total. The molecule has 8 heteroatoms. The summed E-state index contributed by atoms with van der Waals surface area (Å²) in [5.41, 5.74) is 2.83. The SMILES string of the molecule is COc1ccc(CC(C(=O)Nc2ccc(C(C)C)cc2)c2nn[nH]n2)cc1OC. The van der Waals surface area contributed by atoms with Crippen LogP contribution in [0.25, 0.3) is 0 Å². The van der Waals surface area contributed by atoms with Crippen LogP contribution in [0.3, 0.4) is 0 Å². The number of aromatic amines is 1. The second kappa shape index (κ2) is 9.18. The highest BCUT2D eigenvalue weighted by Crippen LogP contribution is 2.30. The van der Waals surface area contributed by atoms with Crippen molar-refractivity contribution >= 4 is 11.6 Å². The van der Waals surface area contributed by atoms with E-state index in [1.165, 1.54) is 5.56 Å². The molecular formula is C21H25N5O3. The van der Waals surface area contributed by atoms with E-state index in [1.54, 1.807) is 14.2 Å². The van der Waals surface area contributed by atoms with Crippen molar-refractivity contribution in [2.75, 3.05) is 19.5 Å². The minimum atomic E-state index is -0.614. The number of rotatable bonds is 8. The van der Waals surface area contributed by atoms with E-state index in [2.05, 4.69) is 39.8 Å². The molecule has 3 aromatic rings. The number of hydrogen-bond donors (Lipinski definition) is 2. The molecule has 0 aliphatic rings. The maximum absolute atomic E-state index is 13.0. The predicted molar refractivity (Wildman–Crippen MR) is 109 cm³/mol. The largest absolute Gasteiger partial charge is 0.493 e. The summed E-state index contributed by atoms with van der Waals surface area (Å²) in [6, 6.07) is 13.4. The molecule has 29 heavy (non-hydrogen) atoms. The van der Waals surface area contributed by atoms with Crippen molar-refractivity contribution in [1.82, 2.24) is 20.6 Å². The van der Waals surface area contributed by atoms with Crippen LogP contribution >= 0.6 is 0 Å². The van der Waals surface area contributed by atoms with Crippen LogP contribution < -0.4 is 14.8 Å². The van der Waals surface area contributed by atoms with Crippen LogP contribution in [-0.4, -0.2) is 40.8 Å². The monoisotopic (exact) mass is 395 g/mol. The highest BCUT2D eigenvalue weighted by molar-refractivity contribution is 5.95. The average molecular weight is 395 g/mol. The van der Waals surface area contributed by atoms with Crippen molar-refractivity contribution < 1.29 is 14.3 Å². The first-order valence-corrected chi connectivity index (χ1v) is 9.37. The van der Waals surface area contributed by atoms with Crippen LogP contribution in [0.15, 0.2) is 42.5 Å². The zero-order valence-corrected chi connectivity index (χ0v) is 17.0. The summed E-state index contributed by atoms with van der Waals surface area (Å²) in [7, 11) is 3.16. The molecule has 0 bridgehead atoms.